The second-order valence-electron chi connectivity index (χ2n) is 6.52. The Morgan fingerprint density at radius 3 is 2.59 bits per heavy atom. The molecule has 0 aliphatic rings. The van der Waals surface area contributed by atoms with Crippen LogP contribution < -0.4 is 10.1 Å². The molecule has 0 aromatic carbocycles. The molecule has 0 radical (unpaired) electrons. The van der Waals surface area contributed by atoms with E-state index in [1.165, 1.54) is 12.1 Å². The van der Waals surface area contributed by atoms with Gasteiger partial charge < -0.3 is 10.1 Å². The molecule has 29 heavy (non-hydrogen) atoms. The molecule has 2 aromatic rings. The number of alkyl halides is 3. The predicted molar refractivity (Wildman–Crippen MR) is 99.5 cm³/mol. The second kappa shape index (κ2) is 9.99. The normalized spacial score (nSPS) is 12.3. The van der Waals surface area contributed by atoms with Crippen LogP contribution in [0, 0.1) is 0 Å². The number of amides is 1. The summed E-state index contributed by atoms with van der Waals surface area (Å²) in [7, 11) is 0. The largest absolute Gasteiger partial charge is 0.483 e. The van der Waals surface area contributed by atoms with Crippen LogP contribution in [-0.4, -0.2) is 34.4 Å². The molecule has 9 heteroatoms. The van der Waals surface area contributed by atoms with Gasteiger partial charge in [-0.05, 0) is 43.2 Å². The molecule has 0 spiro atoms. The predicted octanol–water partition coefficient (Wildman–Crippen LogP) is 3.82. The molecule has 1 atom stereocenters. The first kappa shape index (κ1) is 22.3. The molecular formula is C20H22F3N3O3. The van der Waals surface area contributed by atoms with Crippen LogP contribution in [0.3, 0.4) is 0 Å². The summed E-state index contributed by atoms with van der Waals surface area (Å²) in [4.78, 5) is 32.2. The number of ketones is 1. The fourth-order valence-corrected chi connectivity index (χ4v) is 2.55. The van der Waals surface area contributed by atoms with Gasteiger partial charge in [0.15, 0.2) is 6.61 Å². The Bertz CT molecular complexity index is 839. The summed E-state index contributed by atoms with van der Waals surface area (Å²) in [5.41, 5.74) is 1.45. The highest BCUT2D eigenvalue weighted by molar-refractivity contribution is 5.92. The van der Waals surface area contributed by atoms with Gasteiger partial charge in [0, 0.05) is 24.7 Å². The van der Waals surface area contributed by atoms with Crippen molar-refractivity contribution in [1.82, 2.24) is 15.3 Å². The number of Topliss-reactive ketones (excluding diaryl/α,β-unsaturated/α-hetero) is 1. The van der Waals surface area contributed by atoms with Gasteiger partial charge in [-0.3, -0.25) is 14.6 Å². The van der Waals surface area contributed by atoms with Crippen LogP contribution in [-0.2, 0) is 11.2 Å². The van der Waals surface area contributed by atoms with Gasteiger partial charge >= 0.3 is 6.18 Å². The number of hydrogen-bond acceptors (Lipinski definition) is 5. The zero-order valence-corrected chi connectivity index (χ0v) is 16.1. The van der Waals surface area contributed by atoms with E-state index in [2.05, 4.69) is 20.0 Å². The summed E-state index contributed by atoms with van der Waals surface area (Å²) in [5, 5.41) is 2.76. The maximum atomic E-state index is 12.3. The van der Waals surface area contributed by atoms with Gasteiger partial charge in [-0.15, -0.1) is 0 Å². The number of pyridine rings is 2. The number of ether oxygens (including phenoxy) is 1. The molecule has 2 heterocycles. The van der Waals surface area contributed by atoms with E-state index in [0.29, 0.717) is 12.1 Å². The summed E-state index contributed by atoms with van der Waals surface area (Å²) in [6.45, 7) is 2.27. The smallest absolute Gasteiger partial charge is 0.422 e. The highest BCUT2D eigenvalue weighted by Crippen LogP contribution is 2.18. The summed E-state index contributed by atoms with van der Waals surface area (Å²) in [6, 6.07) is 5.66. The van der Waals surface area contributed by atoms with Crippen molar-refractivity contribution in [3.8, 4) is 5.75 Å². The Morgan fingerprint density at radius 2 is 1.97 bits per heavy atom. The lowest BCUT2D eigenvalue weighted by molar-refractivity contribution is -0.153. The summed E-state index contributed by atoms with van der Waals surface area (Å²) in [5.74, 6) is -0.464. The fourth-order valence-electron chi connectivity index (χ4n) is 2.55. The lowest BCUT2D eigenvalue weighted by atomic mass is 10.1. The monoisotopic (exact) mass is 409 g/mol. The summed E-state index contributed by atoms with van der Waals surface area (Å²) in [6.07, 6.45) is -0.295. The van der Waals surface area contributed by atoms with E-state index >= 15 is 0 Å². The number of nitrogens with zero attached hydrogens (tertiary/aromatic N) is 2. The summed E-state index contributed by atoms with van der Waals surface area (Å²) < 4.78 is 41.0. The standard InChI is InChI=1S/C20H22F3N3O3/c1-3-4-16(27)10-15-9-14(7-8-24-15)13(2)26-19(28)18-6-5-17(11-25-18)29-12-20(21,22)23/h5-9,11,13H,3-4,10,12H2,1-2H3,(H,26,28). The Hall–Kier alpha value is -2.97. The minimum atomic E-state index is -4.45. The van der Waals surface area contributed by atoms with Crippen LogP contribution >= 0.6 is 0 Å². The lowest BCUT2D eigenvalue weighted by Gasteiger charge is -2.15. The van der Waals surface area contributed by atoms with E-state index < -0.39 is 18.7 Å². The van der Waals surface area contributed by atoms with E-state index in [9.17, 15) is 22.8 Å². The maximum Gasteiger partial charge on any atom is 0.422 e. The number of nitrogens with one attached hydrogen (secondary N) is 1. The first-order chi connectivity index (χ1) is 13.7. The number of hydrogen-bond donors (Lipinski definition) is 1. The van der Waals surface area contributed by atoms with Crippen LogP contribution in [0.5, 0.6) is 5.75 Å². The maximum absolute atomic E-state index is 12.3. The molecule has 0 fully saturated rings. The number of carbonyl (C=O) groups excluding carboxylic acids is 2. The van der Waals surface area contributed by atoms with Gasteiger partial charge in [0.05, 0.1) is 12.2 Å². The Labute approximate surface area is 166 Å². The Kier molecular flexibility index (Phi) is 7.69. The van der Waals surface area contributed by atoms with Crippen LogP contribution in [0.2, 0.25) is 0 Å². The van der Waals surface area contributed by atoms with Crippen molar-refractivity contribution in [2.24, 2.45) is 0 Å². The van der Waals surface area contributed by atoms with Crippen molar-refractivity contribution in [3.63, 3.8) is 0 Å². The zero-order valence-electron chi connectivity index (χ0n) is 16.1. The number of aromatic nitrogens is 2. The Balaban J connectivity index is 1.97. The molecule has 6 nitrogen and oxygen atoms in total. The zero-order chi connectivity index (χ0) is 21.4. The minimum Gasteiger partial charge on any atom is -0.483 e. The van der Waals surface area contributed by atoms with Gasteiger partial charge in [0.1, 0.15) is 17.2 Å². The third-order valence-corrected chi connectivity index (χ3v) is 3.97. The molecule has 1 unspecified atom stereocenters. The van der Waals surface area contributed by atoms with Crippen molar-refractivity contribution in [1.29, 1.82) is 0 Å². The average molecular weight is 409 g/mol. The Morgan fingerprint density at radius 1 is 1.21 bits per heavy atom. The van der Waals surface area contributed by atoms with Crippen molar-refractivity contribution in [2.45, 2.75) is 45.3 Å². The first-order valence-electron chi connectivity index (χ1n) is 9.11. The van der Waals surface area contributed by atoms with E-state index in [1.54, 1.807) is 25.3 Å². The quantitative estimate of drug-likeness (QED) is 0.681. The van der Waals surface area contributed by atoms with Crippen LogP contribution in [0.1, 0.15) is 54.5 Å². The molecule has 2 aromatic heterocycles. The first-order valence-corrected chi connectivity index (χ1v) is 9.11. The molecule has 1 amide bonds. The fraction of sp³-hybridized carbons (Fsp3) is 0.400. The minimum absolute atomic E-state index is 0.0450. The number of rotatable bonds is 9. The van der Waals surface area contributed by atoms with Crippen LogP contribution in [0.15, 0.2) is 36.7 Å². The van der Waals surface area contributed by atoms with Gasteiger partial charge in [-0.25, -0.2) is 4.98 Å². The highest BCUT2D eigenvalue weighted by atomic mass is 19.4. The molecule has 0 bridgehead atoms. The van der Waals surface area contributed by atoms with Crippen molar-refractivity contribution in [3.05, 3.63) is 53.6 Å². The lowest BCUT2D eigenvalue weighted by Crippen LogP contribution is -2.27. The van der Waals surface area contributed by atoms with Crippen LogP contribution in [0.4, 0.5) is 13.2 Å². The molecule has 2 rings (SSSR count). The second-order valence-corrected chi connectivity index (χ2v) is 6.52. The van der Waals surface area contributed by atoms with E-state index in [4.69, 9.17) is 0 Å². The van der Waals surface area contributed by atoms with E-state index in [0.717, 1.165) is 18.2 Å². The average Bonchev–Trinajstić information content (AvgIpc) is 2.66. The third-order valence-electron chi connectivity index (χ3n) is 3.97. The highest BCUT2D eigenvalue weighted by Gasteiger charge is 2.28. The molecule has 0 aliphatic heterocycles. The molecule has 0 aliphatic carbocycles. The molecule has 156 valence electrons. The molecule has 0 saturated carbocycles. The molecule has 1 N–H and O–H groups in total. The molecule has 0 saturated heterocycles. The van der Waals surface area contributed by atoms with Gasteiger partial charge in [-0.1, -0.05) is 6.92 Å². The van der Waals surface area contributed by atoms with Crippen molar-refractivity contribution < 1.29 is 27.5 Å². The van der Waals surface area contributed by atoms with Gasteiger partial charge in [0.2, 0.25) is 0 Å². The van der Waals surface area contributed by atoms with E-state index in [1.807, 2.05) is 6.92 Å². The topological polar surface area (TPSA) is 81.2 Å². The van der Waals surface area contributed by atoms with E-state index in [-0.39, 0.29) is 29.7 Å². The van der Waals surface area contributed by atoms with Crippen LogP contribution in [0.25, 0.3) is 0 Å². The van der Waals surface area contributed by atoms with Crippen molar-refractivity contribution in [2.75, 3.05) is 6.61 Å². The molecular weight excluding hydrogens is 387 g/mol. The van der Waals surface area contributed by atoms with Gasteiger partial charge in [0.25, 0.3) is 5.91 Å². The van der Waals surface area contributed by atoms with Gasteiger partial charge in [-0.2, -0.15) is 13.2 Å². The SMILES string of the molecule is CCCC(=O)Cc1cc(C(C)NC(=O)c2ccc(OCC(F)(F)F)cn2)ccn1. The third kappa shape index (κ3) is 7.52. The number of carbonyl (C=O) groups is 2. The summed E-state index contributed by atoms with van der Waals surface area (Å²) >= 11 is 0. The number of halogens is 3. The van der Waals surface area contributed by atoms with Crippen molar-refractivity contribution >= 4 is 11.7 Å².